The molecule has 8 N–H and O–H groups in total. The van der Waals surface area contributed by atoms with Crippen molar-refractivity contribution in [3.05, 3.63) is 0 Å². The number of carbonyl (C=O) groups is 2. The van der Waals surface area contributed by atoms with Gasteiger partial charge in [-0.25, -0.2) is 5.06 Å². The molecule has 0 rings (SSSR count). The Hall–Kier alpha value is -1.34. The Morgan fingerprint density at radius 2 is 1.71 bits per heavy atom. The molecule has 0 saturated heterocycles. The molecule has 0 aliphatic carbocycles. The van der Waals surface area contributed by atoms with E-state index < -0.39 is 55.1 Å². The maximum atomic E-state index is 12.5. The van der Waals surface area contributed by atoms with E-state index >= 15 is 0 Å². The Balaban J connectivity index is 5.00. The van der Waals surface area contributed by atoms with E-state index in [1.54, 1.807) is 20.8 Å². The molecule has 5 atom stereocenters. The van der Waals surface area contributed by atoms with E-state index in [1.807, 2.05) is 0 Å². The highest BCUT2D eigenvalue weighted by Gasteiger charge is 2.32. The third-order valence-corrected chi connectivity index (χ3v) is 3.84. The summed E-state index contributed by atoms with van der Waals surface area (Å²) < 4.78 is 0. The monoisotopic (exact) mass is 409 g/mol. The first-order chi connectivity index (χ1) is 13.0. The van der Waals surface area contributed by atoms with Crippen LogP contribution in [0.4, 0.5) is 0 Å². The van der Waals surface area contributed by atoms with Gasteiger partial charge in [0.1, 0.15) is 24.4 Å². The van der Waals surface area contributed by atoms with Gasteiger partial charge in [0.15, 0.2) is 0 Å². The van der Waals surface area contributed by atoms with Gasteiger partial charge in [0.25, 0.3) is 0 Å². The van der Waals surface area contributed by atoms with Crippen molar-refractivity contribution in [1.29, 1.82) is 0 Å². The minimum absolute atomic E-state index is 0.266. The van der Waals surface area contributed by atoms with E-state index in [0.717, 1.165) is 5.06 Å². The van der Waals surface area contributed by atoms with Gasteiger partial charge in [-0.1, -0.05) is 0 Å². The van der Waals surface area contributed by atoms with E-state index in [1.165, 1.54) is 0 Å². The third-order valence-electron chi connectivity index (χ3n) is 3.84. The molecule has 0 aliphatic rings. The number of amides is 2. The van der Waals surface area contributed by atoms with Gasteiger partial charge >= 0.3 is 0 Å². The van der Waals surface area contributed by atoms with Gasteiger partial charge in [0.2, 0.25) is 12.3 Å². The molecule has 5 unspecified atom stereocenters. The van der Waals surface area contributed by atoms with Crippen LogP contribution >= 0.6 is 0 Å². The summed E-state index contributed by atoms with van der Waals surface area (Å²) >= 11 is 0. The largest absolute Gasteiger partial charge is 0.394 e. The third kappa shape index (κ3) is 9.73. The fourth-order valence-corrected chi connectivity index (χ4v) is 2.34. The van der Waals surface area contributed by atoms with Crippen LogP contribution in [0.2, 0.25) is 0 Å². The summed E-state index contributed by atoms with van der Waals surface area (Å²) in [5, 5.41) is 50.7. The van der Waals surface area contributed by atoms with Crippen LogP contribution in [-0.2, 0) is 14.4 Å². The molecule has 0 bridgehead atoms. The van der Waals surface area contributed by atoms with Crippen LogP contribution in [0.3, 0.4) is 0 Å². The first kappa shape index (κ1) is 26.7. The predicted molar refractivity (Wildman–Crippen MR) is 99.6 cm³/mol. The molecule has 11 nitrogen and oxygen atoms in total. The lowest BCUT2D eigenvalue weighted by atomic mass is 10.0. The zero-order chi connectivity index (χ0) is 21.9. The van der Waals surface area contributed by atoms with Crippen LogP contribution in [0, 0.1) is 0 Å². The Labute approximate surface area is 165 Å². The SMILES string of the molecule is CC(C)(C)ON(C=O)C(CCCCN)C(=O)NCC(O)C(O)C(O)C(O)CO. The minimum Gasteiger partial charge on any atom is -0.394 e. The van der Waals surface area contributed by atoms with Crippen molar-refractivity contribution in [2.24, 2.45) is 5.73 Å². The topological polar surface area (TPSA) is 186 Å². The first-order valence-corrected chi connectivity index (χ1v) is 9.22. The van der Waals surface area contributed by atoms with E-state index in [2.05, 4.69) is 5.32 Å². The number of hydrogen-bond acceptors (Lipinski definition) is 9. The van der Waals surface area contributed by atoms with E-state index in [-0.39, 0.29) is 6.42 Å². The molecule has 28 heavy (non-hydrogen) atoms. The molecule has 2 amide bonds. The van der Waals surface area contributed by atoms with Crippen LogP contribution < -0.4 is 11.1 Å². The Kier molecular flexibility index (Phi) is 12.4. The van der Waals surface area contributed by atoms with Gasteiger partial charge < -0.3 is 36.6 Å². The zero-order valence-electron chi connectivity index (χ0n) is 16.7. The molecular weight excluding hydrogens is 374 g/mol. The minimum atomic E-state index is -1.80. The average Bonchev–Trinajstić information content (AvgIpc) is 2.64. The lowest BCUT2D eigenvalue weighted by molar-refractivity contribution is -0.231. The van der Waals surface area contributed by atoms with Crippen molar-refractivity contribution in [3.63, 3.8) is 0 Å². The van der Waals surface area contributed by atoms with Crippen LogP contribution in [-0.4, -0.2) is 98.7 Å². The zero-order valence-corrected chi connectivity index (χ0v) is 16.7. The lowest BCUT2D eigenvalue weighted by Crippen LogP contribution is -2.53. The molecule has 0 aromatic rings. The quantitative estimate of drug-likeness (QED) is 0.0905. The Morgan fingerprint density at radius 1 is 1.14 bits per heavy atom. The smallest absolute Gasteiger partial charge is 0.245 e. The normalized spacial score (nSPS) is 17.3. The lowest BCUT2D eigenvalue weighted by Gasteiger charge is -2.32. The number of nitrogens with one attached hydrogen (secondary N) is 1. The van der Waals surface area contributed by atoms with Gasteiger partial charge in [-0.05, 0) is 46.6 Å². The van der Waals surface area contributed by atoms with Crippen molar-refractivity contribution in [2.45, 2.75) is 76.1 Å². The van der Waals surface area contributed by atoms with Crippen molar-refractivity contribution in [2.75, 3.05) is 19.7 Å². The molecule has 11 heteroatoms. The summed E-state index contributed by atoms with van der Waals surface area (Å²) in [4.78, 5) is 29.5. The molecular formula is C17H35N3O8. The van der Waals surface area contributed by atoms with Crippen LogP contribution in [0.25, 0.3) is 0 Å². The molecule has 0 fully saturated rings. The second-order valence-electron chi connectivity index (χ2n) is 7.51. The maximum absolute atomic E-state index is 12.5. The highest BCUT2D eigenvalue weighted by atomic mass is 16.7. The van der Waals surface area contributed by atoms with Crippen molar-refractivity contribution >= 4 is 12.3 Å². The number of aliphatic hydroxyl groups is 5. The second kappa shape index (κ2) is 13.0. The number of nitrogens with zero attached hydrogens (tertiary/aromatic N) is 1. The van der Waals surface area contributed by atoms with Gasteiger partial charge in [0.05, 0.1) is 18.3 Å². The Morgan fingerprint density at radius 3 is 2.18 bits per heavy atom. The molecule has 0 radical (unpaired) electrons. The molecule has 0 aromatic heterocycles. The number of unbranched alkanes of at least 4 members (excludes halogenated alkanes) is 1. The van der Waals surface area contributed by atoms with Crippen LogP contribution in [0.15, 0.2) is 0 Å². The average molecular weight is 409 g/mol. The first-order valence-electron chi connectivity index (χ1n) is 9.22. The summed E-state index contributed by atoms with van der Waals surface area (Å²) in [6.07, 6.45) is -5.00. The fourth-order valence-electron chi connectivity index (χ4n) is 2.34. The molecule has 0 aliphatic heterocycles. The fraction of sp³-hybridized carbons (Fsp3) is 0.882. The molecule has 0 saturated carbocycles. The highest BCUT2D eigenvalue weighted by Crippen LogP contribution is 2.16. The number of carbonyl (C=O) groups excluding carboxylic acids is 2. The number of nitrogens with two attached hydrogens (primary N) is 1. The van der Waals surface area contributed by atoms with Crippen molar-refractivity contribution in [3.8, 4) is 0 Å². The van der Waals surface area contributed by atoms with Gasteiger partial charge in [-0.2, -0.15) is 0 Å². The predicted octanol–water partition coefficient (Wildman–Crippen LogP) is -2.78. The summed E-state index contributed by atoms with van der Waals surface area (Å²) in [5.41, 5.74) is 4.73. The van der Waals surface area contributed by atoms with E-state index in [4.69, 9.17) is 15.7 Å². The molecule has 0 heterocycles. The van der Waals surface area contributed by atoms with Crippen molar-refractivity contribution in [1.82, 2.24) is 10.4 Å². The van der Waals surface area contributed by atoms with E-state index in [0.29, 0.717) is 25.8 Å². The molecule has 166 valence electrons. The second-order valence-corrected chi connectivity index (χ2v) is 7.51. The summed E-state index contributed by atoms with van der Waals surface area (Å²) in [6, 6.07) is -0.986. The van der Waals surface area contributed by atoms with Gasteiger partial charge in [0, 0.05) is 6.54 Å². The molecule has 0 aromatic carbocycles. The number of hydrogen-bond donors (Lipinski definition) is 7. The van der Waals surface area contributed by atoms with Gasteiger partial charge in [-0.15, -0.1) is 0 Å². The van der Waals surface area contributed by atoms with E-state index in [9.17, 15) is 30.0 Å². The Bertz CT molecular complexity index is 460. The molecule has 0 spiro atoms. The highest BCUT2D eigenvalue weighted by molar-refractivity contribution is 5.83. The van der Waals surface area contributed by atoms with Gasteiger partial charge in [-0.3, -0.25) is 14.4 Å². The maximum Gasteiger partial charge on any atom is 0.245 e. The standard InChI is InChI=1S/C17H35N3O8/c1-17(2,3)28-20(10-22)11(6-4-5-7-18)16(27)19-8-12(23)14(25)15(26)13(24)9-21/h10-15,21,23-26H,4-9,18H2,1-3H3,(H,19,27). The summed E-state index contributed by atoms with van der Waals surface area (Å²) in [5.74, 6) is -0.628. The van der Waals surface area contributed by atoms with Crippen LogP contribution in [0.1, 0.15) is 40.0 Å². The van der Waals surface area contributed by atoms with Crippen molar-refractivity contribution < 1.29 is 40.0 Å². The number of aliphatic hydroxyl groups excluding tert-OH is 5. The summed E-state index contributed by atoms with van der Waals surface area (Å²) in [6.45, 7) is 4.31. The number of hydroxylamine groups is 2. The summed E-state index contributed by atoms with van der Waals surface area (Å²) in [7, 11) is 0. The number of rotatable bonds is 14. The van der Waals surface area contributed by atoms with Crippen LogP contribution in [0.5, 0.6) is 0 Å².